The number of urea groups is 1. The van der Waals surface area contributed by atoms with Gasteiger partial charge in [0.2, 0.25) is 5.91 Å². The van der Waals surface area contributed by atoms with E-state index in [4.69, 9.17) is 4.74 Å². The lowest BCUT2D eigenvalue weighted by Gasteiger charge is -2.29. The molecule has 2 N–H and O–H groups in total. The molecule has 3 amide bonds. The average Bonchev–Trinajstić information content (AvgIpc) is 2.77. The third-order valence-electron chi connectivity index (χ3n) is 5.48. The third-order valence-corrected chi connectivity index (χ3v) is 5.48. The van der Waals surface area contributed by atoms with Gasteiger partial charge in [0.15, 0.2) is 0 Å². The molecule has 1 heterocycles. The maximum atomic E-state index is 13.1. The van der Waals surface area contributed by atoms with E-state index in [1.54, 1.807) is 17.0 Å². The van der Waals surface area contributed by atoms with Crippen LogP contribution in [0.5, 0.6) is 5.75 Å². The number of amides is 3. The summed E-state index contributed by atoms with van der Waals surface area (Å²) in [6, 6.07) is 12.9. The zero-order chi connectivity index (χ0) is 23.7. The van der Waals surface area contributed by atoms with Crippen LogP contribution in [0.3, 0.4) is 0 Å². The highest BCUT2D eigenvalue weighted by atomic mass is 16.5. The fourth-order valence-electron chi connectivity index (χ4n) is 3.62. The number of carbonyl (C=O) groups excluding carboxylic acids is 2. The summed E-state index contributed by atoms with van der Waals surface area (Å²) >= 11 is 0. The number of ether oxygens (including phenoxy) is 1. The smallest absolute Gasteiger partial charge is 0.323 e. The summed E-state index contributed by atoms with van der Waals surface area (Å²) in [6.45, 7) is 15.3. The summed E-state index contributed by atoms with van der Waals surface area (Å²) in [6.07, 6.45) is 0. The number of hydrogen-bond acceptors (Lipinski definition) is 3. The second kappa shape index (κ2) is 8.85. The normalized spacial score (nSPS) is 15.6. The van der Waals surface area contributed by atoms with Gasteiger partial charge in [0, 0.05) is 24.0 Å². The predicted molar refractivity (Wildman–Crippen MR) is 131 cm³/mol. The van der Waals surface area contributed by atoms with Crippen molar-refractivity contribution in [3.05, 3.63) is 48.0 Å². The van der Waals surface area contributed by atoms with Crippen molar-refractivity contribution in [2.75, 3.05) is 28.7 Å². The molecule has 0 aliphatic carbocycles. The fraction of sp³-hybridized carbons (Fsp3) is 0.462. The Hall–Kier alpha value is -3.02. The van der Waals surface area contributed by atoms with Gasteiger partial charge < -0.3 is 20.3 Å². The summed E-state index contributed by atoms with van der Waals surface area (Å²) in [4.78, 5) is 27.4. The first-order chi connectivity index (χ1) is 14.9. The molecule has 32 heavy (non-hydrogen) atoms. The lowest BCUT2D eigenvalue weighted by Crippen LogP contribution is -2.43. The Labute approximate surface area is 191 Å². The molecule has 2 aromatic carbocycles. The van der Waals surface area contributed by atoms with E-state index in [2.05, 4.69) is 45.3 Å². The van der Waals surface area contributed by atoms with Gasteiger partial charge in [-0.1, -0.05) is 46.8 Å². The standard InChI is InChI=1S/C26H35N3O3/c1-17(2)15-29-21-13-12-20(14-22(21)32-16-26(6,7)23(29)30)28-24(31)27-19-10-8-18(9-11-19)25(3,4)5/h8-14,17H,15-16H2,1-7H3,(H2,27,28,31). The molecule has 0 atom stereocenters. The Morgan fingerprint density at radius 3 is 2.25 bits per heavy atom. The highest BCUT2D eigenvalue weighted by molar-refractivity contribution is 6.02. The molecular weight excluding hydrogens is 402 g/mol. The third kappa shape index (κ3) is 5.42. The van der Waals surface area contributed by atoms with Crippen molar-refractivity contribution in [2.45, 2.75) is 53.9 Å². The van der Waals surface area contributed by atoms with Crippen molar-refractivity contribution >= 4 is 29.0 Å². The lowest BCUT2D eigenvalue weighted by molar-refractivity contribution is -0.127. The molecule has 0 spiro atoms. The molecule has 0 bridgehead atoms. The summed E-state index contributed by atoms with van der Waals surface area (Å²) < 4.78 is 6.00. The van der Waals surface area contributed by atoms with Crippen LogP contribution in [0.25, 0.3) is 0 Å². The maximum absolute atomic E-state index is 13.1. The molecule has 172 valence electrons. The summed E-state index contributed by atoms with van der Waals surface area (Å²) in [5.74, 6) is 0.952. The van der Waals surface area contributed by atoms with Gasteiger partial charge in [0.05, 0.1) is 11.1 Å². The van der Waals surface area contributed by atoms with Crippen molar-refractivity contribution < 1.29 is 14.3 Å². The molecule has 0 aromatic heterocycles. The van der Waals surface area contributed by atoms with Crippen molar-refractivity contribution in [2.24, 2.45) is 11.3 Å². The molecule has 0 saturated carbocycles. The van der Waals surface area contributed by atoms with Gasteiger partial charge in [-0.05, 0) is 55.0 Å². The van der Waals surface area contributed by atoms with E-state index < -0.39 is 5.41 Å². The molecule has 0 fully saturated rings. The minimum absolute atomic E-state index is 0.0436. The number of rotatable bonds is 4. The second-order valence-electron chi connectivity index (χ2n) is 10.6. The van der Waals surface area contributed by atoms with Crippen LogP contribution < -0.4 is 20.3 Å². The predicted octanol–water partition coefficient (Wildman–Crippen LogP) is 6.04. The van der Waals surface area contributed by atoms with E-state index in [1.165, 1.54) is 5.56 Å². The van der Waals surface area contributed by atoms with Gasteiger partial charge in [-0.2, -0.15) is 0 Å². The minimum atomic E-state index is -0.627. The molecule has 1 aliphatic heterocycles. The topological polar surface area (TPSA) is 70.7 Å². The summed E-state index contributed by atoms with van der Waals surface area (Å²) in [5, 5.41) is 5.72. The molecule has 0 radical (unpaired) electrons. The van der Waals surface area contributed by atoms with Crippen LogP contribution in [0, 0.1) is 11.3 Å². The quantitative estimate of drug-likeness (QED) is 0.613. The molecule has 0 unspecified atom stereocenters. The van der Waals surface area contributed by atoms with Crippen LogP contribution in [0.2, 0.25) is 0 Å². The summed E-state index contributed by atoms with van der Waals surface area (Å²) in [7, 11) is 0. The first-order valence-electron chi connectivity index (χ1n) is 11.1. The second-order valence-corrected chi connectivity index (χ2v) is 10.6. The van der Waals surface area contributed by atoms with Gasteiger partial charge >= 0.3 is 6.03 Å². The Bertz CT molecular complexity index is 988. The van der Waals surface area contributed by atoms with Gasteiger partial charge in [-0.25, -0.2) is 4.79 Å². The van der Waals surface area contributed by atoms with Crippen molar-refractivity contribution in [3.63, 3.8) is 0 Å². The zero-order valence-electron chi connectivity index (χ0n) is 20.2. The van der Waals surface area contributed by atoms with Crippen molar-refractivity contribution in [3.8, 4) is 5.75 Å². The fourth-order valence-corrected chi connectivity index (χ4v) is 3.62. The first kappa shape index (κ1) is 23.6. The molecule has 1 aliphatic rings. The van der Waals surface area contributed by atoms with E-state index in [0.29, 0.717) is 23.9 Å². The van der Waals surface area contributed by atoms with Gasteiger partial charge in [0.25, 0.3) is 0 Å². The summed E-state index contributed by atoms with van der Waals surface area (Å²) in [5.41, 5.74) is 2.69. The molecule has 0 saturated heterocycles. The average molecular weight is 438 g/mol. The monoisotopic (exact) mass is 437 g/mol. The number of fused-ring (bicyclic) bond motifs is 1. The largest absolute Gasteiger partial charge is 0.490 e. The van der Waals surface area contributed by atoms with E-state index in [1.807, 2.05) is 44.2 Å². The molecular formula is C26H35N3O3. The van der Waals surface area contributed by atoms with E-state index in [0.717, 1.165) is 11.4 Å². The van der Waals surface area contributed by atoms with Gasteiger partial charge in [0.1, 0.15) is 12.4 Å². The van der Waals surface area contributed by atoms with Gasteiger partial charge in [-0.3, -0.25) is 4.79 Å². The van der Waals surface area contributed by atoms with Crippen LogP contribution in [0.4, 0.5) is 21.9 Å². The highest BCUT2D eigenvalue weighted by Gasteiger charge is 2.38. The molecule has 2 aromatic rings. The highest BCUT2D eigenvalue weighted by Crippen LogP contribution is 2.38. The Balaban J connectivity index is 1.76. The van der Waals surface area contributed by atoms with Crippen LogP contribution in [0.1, 0.15) is 54.0 Å². The van der Waals surface area contributed by atoms with Gasteiger partial charge in [-0.15, -0.1) is 0 Å². The van der Waals surface area contributed by atoms with E-state index in [-0.39, 0.29) is 24.0 Å². The van der Waals surface area contributed by atoms with E-state index >= 15 is 0 Å². The SMILES string of the molecule is CC(C)CN1C(=O)C(C)(C)COc2cc(NC(=O)Nc3ccc(C(C)(C)C)cc3)ccc21. The lowest BCUT2D eigenvalue weighted by atomic mass is 9.87. The van der Waals surface area contributed by atoms with Crippen molar-refractivity contribution in [1.82, 2.24) is 0 Å². The Morgan fingerprint density at radius 1 is 1.06 bits per heavy atom. The minimum Gasteiger partial charge on any atom is -0.490 e. The van der Waals surface area contributed by atoms with Crippen LogP contribution in [-0.4, -0.2) is 25.1 Å². The van der Waals surface area contributed by atoms with E-state index in [9.17, 15) is 9.59 Å². The molecule has 6 nitrogen and oxygen atoms in total. The molecule has 6 heteroatoms. The number of carbonyl (C=O) groups is 2. The number of hydrogen-bond donors (Lipinski definition) is 2. The number of nitrogens with zero attached hydrogens (tertiary/aromatic N) is 1. The van der Waals surface area contributed by atoms with Crippen LogP contribution >= 0.6 is 0 Å². The number of nitrogens with one attached hydrogen (secondary N) is 2. The molecule has 3 rings (SSSR count). The van der Waals surface area contributed by atoms with Crippen LogP contribution in [0.15, 0.2) is 42.5 Å². The van der Waals surface area contributed by atoms with Crippen molar-refractivity contribution in [1.29, 1.82) is 0 Å². The first-order valence-corrected chi connectivity index (χ1v) is 11.1. The number of anilines is 3. The Kier molecular flexibility index (Phi) is 6.54. The number of benzene rings is 2. The Morgan fingerprint density at radius 2 is 1.66 bits per heavy atom. The van der Waals surface area contributed by atoms with Crippen LogP contribution in [-0.2, 0) is 10.2 Å². The maximum Gasteiger partial charge on any atom is 0.323 e. The zero-order valence-corrected chi connectivity index (χ0v) is 20.2.